The van der Waals surface area contributed by atoms with Gasteiger partial charge < -0.3 is 19.9 Å². The first-order valence-corrected chi connectivity index (χ1v) is 9.31. The van der Waals surface area contributed by atoms with Crippen LogP contribution in [0.1, 0.15) is 29.5 Å². The molecular formula is C20H26N4O3. The van der Waals surface area contributed by atoms with Crippen LogP contribution in [-0.4, -0.2) is 48.8 Å². The molecule has 0 saturated carbocycles. The van der Waals surface area contributed by atoms with Crippen LogP contribution in [-0.2, 0) is 23.3 Å². The number of piperidine rings is 1. The fourth-order valence-electron chi connectivity index (χ4n) is 4.18. The van der Waals surface area contributed by atoms with Gasteiger partial charge in [0.05, 0.1) is 26.4 Å². The molecule has 7 nitrogen and oxygen atoms in total. The number of hydrogen-bond donors (Lipinski definition) is 1. The van der Waals surface area contributed by atoms with Crippen molar-refractivity contribution in [3.63, 3.8) is 0 Å². The molecule has 2 aliphatic heterocycles. The molecule has 0 unspecified atom stereocenters. The third kappa shape index (κ3) is 3.44. The van der Waals surface area contributed by atoms with Gasteiger partial charge in [0.2, 0.25) is 5.95 Å². The van der Waals surface area contributed by atoms with E-state index in [0.717, 1.165) is 62.6 Å². The van der Waals surface area contributed by atoms with Crippen LogP contribution in [0.5, 0.6) is 11.5 Å². The third-order valence-electron chi connectivity index (χ3n) is 5.65. The Morgan fingerprint density at radius 3 is 2.44 bits per heavy atom. The first-order chi connectivity index (χ1) is 13.1. The molecule has 1 fully saturated rings. The highest BCUT2D eigenvalue weighted by Crippen LogP contribution is 2.45. The van der Waals surface area contributed by atoms with Gasteiger partial charge in [0.1, 0.15) is 0 Å². The zero-order valence-electron chi connectivity index (χ0n) is 15.9. The van der Waals surface area contributed by atoms with E-state index in [1.165, 1.54) is 11.1 Å². The number of nitrogens with two attached hydrogens (primary N) is 1. The average molecular weight is 370 g/mol. The topological polar surface area (TPSA) is 82.7 Å². The summed E-state index contributed by atoms with van der Waals surface area (Å²) in [5.74, 6) is 1.87. The molecule has 2 aromatic rings. The lowest BCUT2D eigenvalue weighted by Gasteiger charge is -2.45. The number of fused-ring (bicyclic) bond motifs is 2. The van der Waals surface area contributed by atoms with Crippen molar-refractivity contribution in [2.24, 2.45) is 0 Å². The number of hydrogen-bond acceptors (Lipinski definition) is 7. The Kier molecular flexibility index (Phi) is 4.88. The summed E-state index contributed by atoms with van der Waals surface area (Å²) in [6, 6.07) is 4.22. The standard InChI is InChI=1S/C20H26N4O3/c1-25-17-9-15-3-8-27-20(16(15)10-18(17)26-2)4-6-24(7-5-20)13-14-11-22-19(21)23-12-14/h9-12H,3-8,13H2,1-2H3,(H2,21,22,23). The van der Waals surface area contributed by atoms with Crippen molar-refractivity contribution >= 4 is 5.95 Å². The number of ether oxygens (including phenoxy) is 3. The molecule has 1 saturated heterocycles. The predicted octanol–water partition coefficient (Wildman–Crippen LogP) is 2.14. The molecule has 2 aliphatic rings. The Bertz CT molecular complexity index is 802. The predicted molar refractivity (Wildman–Crippen MR) is 102 cm³/mol. The Morgan fingerprint density at radius 1 is 1.11 bits per heavy atom. The number of anilines is 1. The largest absolute Gasteiger partial charge is 0.493 e. The maximum atomic E-state index is 6.36. The zero-order chi connectivity index (χ0) is 18.9. The number of aromatic nitrogens is 2. The molecule has 4 rings (SSSR count). The van der Waals surface area contributed by atoms with Crippen LogP contribution in [0.15, 0.2) is 24.5 Å². The lowest BCUT2D eigenvalue weighted by atomic mass is 9.79. The molecule has 1 spiro atoms. The molecule has 1 aromatic heterocycles. The van der Waals surface area contributed by atoms with Crippen LogP contribution in [0.4, 0.5) is 5.95 Å². The molecule has 144 valence electrons. The highest BCUT2D eigenvalue weighted by Gasteiger charge is 2.41. The van der Waals surface area contributed by atoms with Crippen LogP contribution in [0.2, 0.25) is 0 Å². The van der Waals surface area contributed by atoms with E-state index >= 15 is 0 Å². The number of nitrogens with zero attached hydrogens (tertiary/aromatic N) is 3. The molecule has 1 aromatic carbocycles. The minimum Gasteiger partial charge on any atom is -0.493 e. The Hall–Kier alpha value is -2.38. The van der Waals surface area contributed by atoms with Gasteiger partial charge in [-0.15, -0.1) is 0 Å². The van der Waals surface area contributed by atoms with Gasteiger partial charge in [-0.25, -0.2) is 9.97 Å². The van der Waals surface area contributed by atoms with E-state index in [-0.39, 0.29) is 5.60 Å². The average Bonchev–Trinajstić information content (AvgIpc) is 2.71. The molecule has 0 radical (unpaired) electrons. The van der Waals surface area contributed by atoms with E-state index in [0.29, 0.717) is 5.95 Å². The van der Waals surface area contributed by atoms with Crippen LogP contribution in [0.25, 0.3) is 0 Å². The van der Waals surface area contributed by atoms with Gasteiger partial charge in [-0.05, 0) is 42.5 Å². The van der Waals surface area contributed by atoms with E-state index < -0.39 is 0 Å². The lowest BCUT2D eigenvalue weighted by molar-refractivity contribution is -0.0990. The van der Waals surface area contributed by atoms with Crippen molar-refractivity contribution in [1.82, 2.24) is 14.9 Å². The van der Waals surface area contributed by atoms with Crippen molar-refractivity contribution in [3.8, 4) is 11.5 Å². The summed E-state index contributed by atoms with van der Waals surface area (Å²) in [5, 5.41) is 0. The first-order valence-electron chi connectivity index (χ1n) is 9.31. The second-order valence-electron chi connectivity index (χ2n) is 7.18. The zero-order valence-corrected chi connectivity index (χ0v) is 15.9. The van der Waals surface area contributed by atoms with Gasteiger partial charge in [-0.2, -0.15) is 0 Å². The SMILES string of the molecule is COc1cc2c(cc1OC)C1(CCN(Cc3cnc(N)nc3)CC1)OCC2. The van der Waals surface area contributed by atoms with Gasteiger partial charge in [0.15, 0.2) is 11.5 Å². The first kappa shape index (κ1) is 18.0. The molecule has 0 amide bonds. The number of nitrogen functional groups attached to an aromatic ring is 1. The summed E-state index contributed by atoms with van der Waals surface area (Å²) < 4.78 is 17.4. The molecule has 0 bridgehead atoms. The molecule has 3 heterocycles. The molecule has 0 aliphatic carbocycles. The highest BCUT2D eigenvalue weighted by atomic mass is 16.5. The van der Waals surface area contributed by atoms with Crippen molar-refractivity contribution < 1.29 is 14.2 Å². The van der Waals surface area contributed by atoms with Crippen molar-refractivity contribution in [1.29, 1.82) is 0 Å². The van der Waals surface area contributed by atoms with E-state index in [9.17, 15) is 0 Å². The minimum atomic E-state index is -0.235. The van der Waals surface area contributed by atoms with Crippen LogP contribution >= 0.6 is 0 Å². The van der Waals surface area contributed by atoms with Crippen molar-refractivity contribution in [2.75, 3.05) is 39.6 Å². The van der Waals surface area contributed by atoms with E-state index in [4.69, 9.17) is 19.9 Å². The monoisotopic (exact) mass is 370 g/mol. The lowest BCUT2D eigenvalue weighted by Crippen LogP contribution is -2.46. The fourth-order valence-corrected chi connectivity index (χ4v) is 4.18. The summed E-state index contributed by atoms with van der Waals surface area (Å²) >= 11 is 0. The van der Waals surface area contributed by atoms with Gasteiger partial charge in [-0.3, -0.25) is 4.90 Å². The number of rotatable bonds is 4. The van der Waals surface area contributed by atoms with Gasteiger partial charge in [-0.1, -0.05) is 0 Å². The summed E-state index contributed by atoms with van der Waals surface area (Å²) in [6.07, 6.45) is 6.41. The summed E-state index contributed by atoms with van der Waals surface area (Å²) in [7, 11) is 3.36. The maximum absolute atomic E-state index is 6.36. The molecule has 7 heteroatoms. The van der Waals surface area contributed by atoms with Gasteiger partial charge in [0.25, 0.3) is 0 Å². The Balaban J connectivity index is 1.52. The molecule has 27 heavy (non-hydrogen) atoms. The highest BCUT2D eigenvalue weighted by molar-refractivity contribution is 5.50. The quantitative estimate of drug-likeness (QED) is 0.883. The normalized spacial score (nSPS) is 18.9. The van der Waals surface area contributed by atoms with Crippen LogP contribution in [0.3, 0.4) is 0 Å². The minimum absolute atomic E-state index is 0.235. The molecular weight excluding hydrogens is 344 g/mol. The molecule has 0 atom stereocenters. The third-order valence-corrected chi connectivity index (χ3v) is 5.65. The summed E-state index contributed by atoms with van der Waals surface area (Å²) in [5.41, 5.74) is 8.97. The van der Waals surface area contributed by atoms with Crippen LogP contribution < -0.4 is 15.2 Å². The van der Waals surface area contributed by atoms with E-state index in [2.05, 4.69) is 27.0 Å². The summed E-state index contributed by atoms with van der Waals surface area (Å²) in [4.78, 5) is 10.6. The number of likely N-dealkylation sites (tertiary alicyclic amines) is 1. The number of methoxy groups -OCH3 is 2. The van der Waals surface area contributed by atoms with E-state index in [1.54, 1.807) is 26.6 Å². The second-order valence-corrected chi connectivity index (χ2v) is 7.18. The van der Waals surface area contributed by atoms with Crippen molar-refractivity contribution in [2.45, 2.75) is 31.4 Å². The Morgan fingerprint density at radius 2 is 1.78 bits per heavy atom. The second kappa shape index (κ2) is 7.32. The molecule has 2 N–H and O–H groups in total. The summed E-state index contributed by atoms with van der Waals surface area (Å²) in [6.45, 7) is 3.49. The van der Waals surface area contributed by atoms with Gasteiger partial charge in [0, 0.05) is 37.6 Å². The van der Waals surface area contributed by atoms with Crippen LogP contribution in [0, 0.1) is 0 Å². The number of benzene rings is 1. The van der Waals surface area contributed by atoms with E-state index in [1.807, 2.05) is 0 Å². The van der Waals surface area contributed by atoms with Gasteiger partial charge >= 0.3 is 0 Å². The fraction of sp³-hybridized carbons (Fsp3) is 0.500. The maximum Gasteiger partial charge on any atom is 0.219 e. The van der Waals surface area contributed by atoms with Crippen molar-refractivity contribution in [3.05, 3.63) is 41.2 Å². The Labute approximate surface area is 159 Å². The smallest absolute Gasteiger partial charge is 0.219 e.